The van der Waals surface area contributed by atoms with Crippen LogP contribution in [0.25, 0.3) is 10.9 Å². The van der Waals surface area contributed by atoms with Crippen molar-refractivity contribution in [1.29, 1.82) is 5.26 Å². The first-order chi connectivity index (χ1) is 14.4. The van der Waals surface area contributed by atoms with E-state index in [4.69, 9.17) is 0 Å². The molecule has 30 heavy (non-hydrogen) atoms. The van der Waals surface area contributed by atoms with E-state index in [1.54, 1.807) is 6.92 Å². The fourth-order valence-electron chi connectivity index (χ4n) is 4.48. The highest BCUT2D eigenvalue weighted by atomic mass is 19.1. The standard InChI is InChI=1S/C24H25FN4O/c1-17-10-20(25)11-21-22(17)27-13-19(12-26)23(21)28(2)15-24(30)8-9-29(16-24)14-18-6-4-3-5-7-18/h3-7,10-11,13,30H,8-9,14-16H2,1-2H3. The molecule has 1 aliphatic heterocycles. The Morgan fingerprint density at radius 2 is 2.07 bits per heavy atom. The molecule has 6 heteroatoms. The van der Waals surface area contributed by atoms with Gasteiger partial charge >= 0.3 is 0 Å². The summed E-state index contributed by atoms with van der Waals surface area (Å²) in [5, 5.41) is 21.5. The molecule has 0 amide bonds. The molecule has 1 saturated heterocycles. The Morgan fingerprint density at radius 1 is 1.30 bits per heavy atom. The van der Waals surface area contributed by atoms with Crippen LogP contribution >= 0.6 is 0 Å². The minimum absolute atomic E-state index is 0.349. The second kappa shape index (κ2) is 8.02. The van der Waals surface area contributed by atoms with Gasteiger partial charge in [-0.15, -0.1) is 0 Å². The number of halogens is 1. The molecule has 3 aromatic rings. The number of anilines is 1. The van der Waals surface area contributed by atoms with Gasteiger partial charge in [-0.05, 0) is 36.6 Å². The number of benzene rings is 2. The van der Waals surface area contributed by atoms with E-state index in [-0.39, 0.29) is 5.82 Å². The molecule has 2 heterocycles. The van der Waals surface area contributed by atoms with E-state index in [0.717, 1.165) is 18.7 Å². The average Bonchev–Trinajstić information content (AvgIpc) is 3.07. The SMILES string of the molecule is Cc1cc(F)cc2c(N(C)CC3(O)CCN(Cc4ccccc4)C3)c(C#N)cnc12. The molecule has 0 spiro atoms. The van der Waals surface area contributed by atoms with E-state index in [9.17, 15) is 14.8 Å². The molecule has 5 nitrogen and oxygen atoms in total. The van der Waals surface area contributed by atoms with Crippen LogP contribution in [0.2, 0.25) is 0 Å². The number of nitriles is 1. The average molecular weight is 404 g/mol. The van der Waals surface area contributed by atoms with Gasteiger partial charge < -0.3 is 10.0 Å². The van der Waals surface area contributed by atoms with E-state index in [0.29, 0.717) is 41.7 Å². The second-order valence-corrected chi connectivity index (χ2v) is 8.28. The molecule has 0 bridgehead atoms. The third-order valence-corrected chi connectivity index (χ3v) is 5.79. The van der Waals surface area contributed by atoms with E-state index in [2.05, 4.69) is 28.1 Å². The number of aliphatic hydroxyl groups is 1. The summed E-state index contributed by atoms with van der Waals surface area (Å²) in [6.07, 6.45) is 2.17. The molecule has 1 aliphatic rings. The maximum absolute atomic E-state index is 14.1. The van der Waals surface area contributed by atoms with Gasteiger partial charge in [0.2, 0.25) is 0 Å². The van der Waals surface area contributed by atoms with Crippen molar-refractivity contribution in [2.75, 3.05) is 31.6 Å². The molecular weight excluding hydrogens is 379 g/mol. The number of hydrogen-bond acceptors (Lipinski definition) is 5. The first-order valence-corrected chi connectivity index (χ1v) is 10.1. The summed E-state index contributed by atoms with van der Waals surface area (Å²) in [5.41, 5.74) is 2.68. The molecule has 0 radical (unpaired) electrons. The van der Waals surface area contributed by atoms with Crippen LogP contribution in [0.15, 0.2) is 48.7 Å². The Balaban J connectivity index is 1.59. The Labute approximate surface area is 176 Å². The maximum atomic E-state index is 14.1. The second-order valence-electron chi connectivity index (χ2n) is 8.28. The molecule has 1 N–H and O–H groups in total. The van der Waals surface area contributed by atoms with Crippen molar-refractivity contribution in [3.05, 3.63) is 71.2 Å². The fourth-order valence-corrected chi connectivity index (χ4v) is 4.48. The minimum atomic E-state index is -0.909. The first kappa shape index (κ1) is 20.3. The number of likely N-dealkylation sites (tertiary alicyclic amines) is 1. The first-order valence-electron chi connectivity index (χ1n) is 10.1. The van der Waals surface area contributed by atoms with Gasteiger partial charge in [-0.1, -0.05) is 30.3 Å². The number of hydrogen-bond donors (Lipinski definition) is 1. The van der Waals surface area contributed by atoms with E-state index >= 15 is 0 Å². The van der Waals surface area contributed by atoms with Crippen molar-refractivity contribution in [2.45, 2.75) is 25.5 Å². The monoisotopic (exact) mass is 404 g/mol. The van der Waals surface area contributed by atoms with E-state index < -0.39 is 5.60 Å². The van der Waals surface area contributed by atoms with Gasteiger partial charge in [-0.2, -0.15) is 5.26 Å². The predicted molar refractivity (Wildman–Crippen MR) is 116 cm³/mol. The minimum Gasteiger partial charge on any atom is -0.387 e. The van der Waals surface area contributed by atoms with Crippen LogP contribution in [0.4, 0.5) is 10.1 Å². The number of likely N-dealkylation sites (N-methyl/N-ethyl adjacent to an activating group) is 1. The molecular formula is C24H25FN4O. The Bertz CT molecular complexity index is 1110. The molecule has 1 unspecified atom stereocenters. The predicted octanol–water partition coefficient (Wildman–Crippen LogP) is 3.63. The summed E-state index contributed by atoms with van der Waals surface area (Å²) >= 11 is 0. The highest BCUT2D eigenvalue weighted by Crippen LogP contribution is 2.33. The lowest BCUT2D eigenvalue weighted by Crippen LogP contribution is -2.44. The smallest absolute Gasteiger partial charge is 0.124 e. The summed E-state index contributed by atoms with van der Waals surface area (Å²) in [6, 6.07) is 15.2. The number of pyridine rings is 1. The van der Waals surface area contributed by atoms with Crippen LogP contribution in [0.3, 0.4) is 0 Å². The van der Waals surface area contributed by atoms with Gasteiger partial charge in [0.25, 0.3) is 0 Å². The molecule has 4 rings (SSSR count). The lowest BCUT2D eigenvalue weighted by molar-refractivity contribution is 0.0563. The van der Waals surface area contributed by atoms with Crippen molar-refractivity contribution in [3.63, 3.8) is 0 Å². The van der Waals surface area contributed by atoms with Gasteiger partial charge in [0.05, 0.1) is 22.4 Å². The molecule has 1 atom stereocenters. The van der Waals surface area contributed by atoms with E-state index in [1.807, 2.05) is 30.1 Å². The number of β-amino-alcohol motifs (C(OH)–C–C–N with tert-alkyl or cyclic N) is 1. The van der Waals surface area contributed by atoms with Crippen molar-refractivity contribution < 1.29 is 9.50 Å². The number of aryl methyl sites for hydroxylation is 1. The topological polar surface area (TPSA) is 63.4 Å². The molecule has 1 fully saturated rings. The zero-order valence-electron chi connectivity index (χ0n) is 17.3. The lowest BCUT2D eigenvalue weighted by Gasteiger charge is -2.31. The largest absolute Gasteiger partial charge is 0.387 e. The third kappa shape index (κ3) is 4.00. The number of nitrogens with zero attached hydrogens (tertiary/aromatic N) is 4. The zero-order valence-corrected chi connectivity index (χ0v) is 17.3. The molecule has 2 aromatic carbocycles. The highest BCUT2D eigenvalue weighted by molar-refractivity contribution is 5.96. The number of rotatable bonds is 5. The normalized spacial score (nSPS) is 19.2. The Morgan fingerprint density at radius 3 is 2.80 bits per heavy atom. The van der Waals surface area contributed by atoms with Crippen molar-refractivity contribution in [1.82, 2.24) is 9.88 Å². The van der Waals surface area contributed by atoms with Crippen LogP contribution in [0.5, 0.6) is 0 Å². The number of fused-ring (bicyclic) bond motifs is 1. The quantitative estimate of drug-likeness (QED) is 0.704. The highest BCUT2D eigenvalue weighted by Gasteiger charge is 2.37. The lowest BCUT2D eigenvalue weighted by atomic mass is 10.0. The van der Waals surface area contributed by atoms with Crippen molar-refractivity contribution >= 4 is 16.6 Å². The van der Waals surface area contributed by atoms with E-state index in [1.165, 1.54) is 23.9 Å². The molecule has 0 aliphatic carbocycles. The fraction of sp³-hybridized carbons (Fsp3) is 0.333. The molecule has 1 aromatic heterocycles. The van der Waals surface area contributed by atoms with Gasteiger partial charge in [0.15, 0.2) is 0 Å². The van der Waals surface area contributed by atoms with Crippen molar-refractivity contribution in [2.24, 2.45) is 0 Å². The van der Waals surface area contributed by atoms with Crippen molar-refractivity contribution in [3.8, 4) is 6.07 Å². The van der Waals surface area contributed by atoms with Crippen LogP contribution in [-0.2, 0) is 6.54 Å². The van der Waals surface area contributed by atoms with Crippen LogP contribution in [0, 0.1) is 24.1 Å². The molecule has 154 valence electrons. The van der Waals surface area contributed by atoms with Crippen LogP contribution in [-0.4, -0.2) is 47.3 Å². The van der Waals surface area contributed by atoms with Gasteiger partial charge in [-0.3, -0.25) is 9.88 Å². The Kier molecular flexibility index (Phi) is 5.42. The van der Waals surface area contributed by atoms with Gasteiger partial charge in [0, 0.05) is 44.8 Å². The van der Waals surface area contributed by atoms with Gasteiger partial charge in [-0.25, -0.2) is 4.39 Å². The van der Waals surface area contributed by atoms with Crippen LogP contribution < -0.4 is 4.90 Å². The van der Waals surface area contributed by atoms with Crippen LogP contribution in [0.1, 0.15) is 23.1 Å². The van der Waals surface area contributed by atoms with Gasteiger partial charge in [0.1, 0.15) is 11.9 Å². The zero-order chi connectivity index (χ0) is 21.3. The molecule has 0 saturated carbocycles. The summed E-state index contributed by atoms with van der Waals surface area (Å²) < 4.78 is 14.1. The number of aromatic nitrogens is 1. The summed E-state index contributed by atoms with van der Waals surface area (Å²) in [4.78, 5) is 8.46. The Hall–Kier alpha value is -3.01. The summed E-state index contributed by atoms with van der Waals surface area (Å²) in [6.45, 7) is 4.29. The summed E-state index contributed by atoms with van der Waals surface area (Å²) in [5.74, 6) is -0.361. The summed E-state index contributed by atoms with van der Waals surface area (Å²) in [7, 11) is 1.84. The third-order valence-electron chi connectivity index (χ3n) is 5.79. The maximum Gasteiger partial charge on any atom is 0.124 e.